The predicted octanol–water partition coefficient (Wildman–Crippen LogP) is 7.43. The van der Waals surface area contributed by atoms with Crippen molar-refractivity contribution in [3.05, 3.63) is 48.6 Å². The third-order valence-electron chi connectivity index (χ3n) is 16.4. The number of amides is 1. The van der Waals surface area contributed by atoms with Gasteiger partial charge in [-0.1, -0.05) is 217 Å². The van der Waals surface area contributed by atoms with E-state index in [9.17, 15) is 61.0 Å². The quantitative estimate of drug-likeness (QED) is 0.0208. The Labute approximate surface area is 503 Å². The molecule has 0 bridgehead atoms. The second kappa shape index (κ2) is 47.7. The van der Waals surface area contributed by atoms with Gasteiger partial charge in [0.1, 0.15) is 73.2 Å². The van der Waals surface area contributed by atoms with Gasteiger partial charge in [0.2, 0.25) is 5.91 Å². The van der Waals surface area contributed by atoms with E-state index < -0.39 is 124 Å². The van der Waals surface area contributed by atoms with Gasteiger partial charge in [-0.3, -0.25) is 4.79 Å². The number of allylic oxidation sites excluding steroid dienone is 7. The maximum absolute atomic E-state index is 13.3. The molecule has 3 fully saturated rings. The second-order valence-electron chi connectivity index (χ2n) is 23.6. The first-order chi connectivity index (χ1) is 40.8. The van der Waals surface area contributed by atoms with Crippen molar-refractivity contribution in [3.8, 4) is 0 Å². The monoisotopic (exact) mass is 1200 g/mol. The van der Waals surface area contributed by atoms with Gasteiger partial charge in [0.25, 0.3) is 0 Å². The first kappa shape index (κ1) is 76.0. The van der Waals surface area contributed by atoms with Crippen molar-refractivity contribution in [2.24, 2.45) is 0 Å². The normalized spacial score (nSPS) is 29.5. The fourth-order valence-electron chi connectivity index (χ4n) is 11.0. The summed E-state index contributed by atoms with van der Waals surface area (Å²) in [5.41, 5.74) is 0. The zero-order chi connectivity index (χ0) is 61.2. The summed E-state index contributed by atoms with van der Waals surface area (Å²) in [5.74, 6) is -0.305. The molecule has 3 saturated heterocycles. The van der Waals surface area contributed by atoms with Crippen LogP contribution in [-0.4, -0.2) is 193 Å². The number of nitrogens with one attached hydrogen (secondary N) is 1. The first-order valence-corrected chi connectivity index (χ1v) is 32.9. The highest BCUT2D eigenvalue weighted by atomic mass is 16.8. The summed E-state index contributed by atoms with van der Waals surface area (Å²) in [7, 11) is 0. The van der Waals surface area contributed by atoms with Gasteiger partial charge in [-0.05, 0) is 51.4 Å². The predicted molar refractivity (Wildman–Crippen MR) is 323 cm³/mol. The summed E-state index contributed by atoms with van der Waals surface area (Å²) in [6, 6.07) is -0.989. The van der Waals surface area contributed by atoms with Crippen LogP contribution in [-0.2, 0) is 33.2 Å². The summed E-state index contributed by atoms with van der Waals surface area (Å²) >= 11 is 0. The number of unbranched alkanes of at least 4 members (excludes halogenated alkanes) is 27. The largest absolute Gasteiger partial charge is 0.394 e. The van der Waals surface area contributed by atoms with Crippen LogP contribution in [0.15, 0.2) is 48.6 Å². The molecule has 0 aromatic heterocycles. The van der Waals surface area contributed by atoms with Gasteiger partial charge >= 0.3 is 0 Å². The van der Waals surface area contributed by atoms with Crippen molar-refractivity contribution in [3.63, 3.8) is 0 Å². The number of carbonyl (C=O) groups is 1. The molecular formula is C65H117NO18. The van der Waals surface area contributed by atoms with Crippen LogP contribution in [0.2, 0.25) is 0 Å². The number of aliphatic hydroxyl groups excluding tert-OH is 11. The van der Waals surface area contributed by atoms with E-state index >= 15 is 0 Å². The number of aliphatic hydroxyl groups is 11. The molecule has 0 radical (unpaired) electrons. The third-order valence-corrected chi connectivity index (χ3v) is 16.4. The van der Waals surface area contributed by atoms with E-state index in [2.05, 4.69) is 55.6 Å². The lowest BCUT2D eigenvalue weighted by molar-refractivity contribution is -0.379. The van der Waals surface area contributed by atoms with Crippen LogP contribution in [0.5, 0.6) is 0 Å². The lowest BCUT2D eigenvalue weighted by Crippen LogP contribution is -2.66. The van der Waals surface area contributed by atoms with Gasteiger partial charge in [-0.25, -0.2) is 0 Å². The maximum atomic E-state index is 13.3. The molecule has 0 saturated carbocycles. The molecular weight excluding hydrogens is 1080 g/mol. The van der Waals surface area contributed by atoms with Crippen LogP contribution in [0.1, 0.15) is 226 Å². The maximum Gasteiger partial charge on any atom is 0.220 e. The summed E-state index contributed by atoms with van der Waals surface area (Å²) < 4.78 is 34.3. The zero-order valence-corrected chi connectivity index (χ0v) is 51.4. The fraction of sp³-hybridized carbons (Fsp3) is 0.862. The van der Waals surface area contributed by atoms with Gasteiger partial charge in [0, 0.05) is 6.42 Å². The van der Waals surface area contributed by atoms with E-state index in [1.807, 2.05) is 6.08 Å². The molecule has 3 aliphatic rings. The molecule has 0 aromatic rings. The highest BCUT2D eigenvalue weighted by Crippen LogP contribution is 2.33. The number of ether oxygens (including phenoxy) is 6. The summed E-state index contributed by atoms with van der Waals surface area (Å²) in [5, 5.41) is 120. The third kappa shape index (κ3) is 30.3. The van der Waals surface area contributed by atoms with Crippen LogP contribution < -0.4 is 5.32 Å². The Morgan fingerprint density at radius 3 is 1.29 bits per heavy atom. The molecule has 490 valence electrons. The molecule has 17 atom stereocenters. The van der Waals surface area contributed by atoms with Gasteiger partial charge in [0.05, 0.1) is 38.6 Å². The van der Waals surface area contributed by atoms with Crippen molar-refractivity contribution in [1.82, 2.24) is 5.32 Å². The van der Waals surface area contributed by atoms with Crippen molar-refractivity contribution < 1.29 is 89.4 Å². The smallest absolute Gasteiger partial charge is 0.220 e. The van der Waals surface area contributed by atoms with Gasteiger partial charge in [-0.2, -0.15) is 0 Å². The van der Waals surface area contributed by atoms with Crippen molar-refractivity contribution >= 4 is 5.91 Å². The Bertz CT molecular complexity index is 1720. The van der Waals surface area contributed by atoms with Crippen LogP contribution in [0.4, 0.5) is 0 Å². The van der Waals surface area contributed by atoms with Gasteiger partial charge in [0.15, 0.2) is 18.9 Å². The van der Waals surface area contributed by atoms with Crippen molar-refractivity contribution in [2.45, 2.75) is 330 Å². The minimum Gasteiger partial charge on any atom is -0.394 e. The molecule has 3 heterocycles. The van der Waals surface area contributed by atoms with Gasteiger partial charge in [-0.15, -0.1) is 0 Å². The number of carbonyl (C=O) groups excluding carboxylic acids is 1. The number of hydrogen-bond acceptors (Lipinski definition) is 18. The molecule has 19 heteroatoms. The Hall–Kier alpha value is -2.25. The van der Waals surface area contributed by atoms with E-state index in [0.717, 1.165) is 64.2 Å². The Kier molecular flexibility index (Phi) is 43.2. The van der Waals surface area contributed by atoms with Crippen LogP contribution in [0.3, 0.4) is 0 Å². The molecule has 12 N–H and O–H groups in total. The second-order valence-corrected chi connectivity index (χ2v) is 23.6. The average molecular weight is 1200 g/mol. The summed E-state index contributed by atoms with van der Waals surface area (Å²) in [4.78, 5) is 13.3. The minimum atomic E-state index is -1.98. The topological polar surface area (TPSA) is 307 Å². The number of rotatable bonds is 49. The summed E-state index contributed by atoms with van der Waals surface area (Å²) in [6.45, 7) is 1.59. The molecule has 1 amide bonds. The van der Waals surface area contributed by atoms with Crippen LogP contribution in [0, 0.1) is 0 Å². The molecule has 3 rings (SSSR count). The Balaban J connectivity index is 1.44. The highest BCUT2D eigenvalue weighted by Gasteiger charge is 2.53. The van der Waals surface area contributed by atoms with Crippen molar-refractivity contribution in [1.29, 1.82) is 0 Å². The molecule has 0 aromatic carbocycles. The van der Waals surface area contributed by atoms with E-state index in [1.54, 1.807) is 6.08 Å². The lowest BCUT2D eigenvalue weighted by atomic mass is 9.96. The molecule has 19 nitrogen and oxygen atoms in total. The average Bonchev–Trinajstić information content (AvgIpc) is 2.92. The Morgan fingerprint density at radius 2 is 0.821 bits per heavy atom. The van der Waals surface area contributed by atoms with Gasteiger partial charge < -0.3 is 89.9 Å². The molecule has 3 aliphatic heterocycles. The van der Waals surface area contributed by atoms with E-state index in [-0.39, 0.29) is 18.9 Å². The first-order valence-electron chi connectivity index (χ1n) is 32.9. The highest BCUT2D eigenvalue weighted by molar-refractivity contribution is 5.76. The van der Waals surface area contributed by atoms with Crippen LogP contribution >= 0.6 is 0 Å². The molecule has 84 heavy (non-hydrogen) atoms. The Morgan fingerprint density at radius 1 is 0.440 bits per heavy atom. The SMILES string of the molecule is CC/C=C\C/C=C\C/C=C\CCCCCC(=O)NC(COC1OC(CO)C(OC2OC(CO)C(OC3OC(CO)C(O)C(O)C3O)C(O)C2O)C(O)C1O)C(O)/C=C/CCCCCCCCCCCCCCCCCCCCCCCCCC. The number of hydrogen-bond donors (Lipinski definition) is 12. The molecule has 17 unspecified atom stereocenters. The zero-order valence-electron chi connectivity index (χ0n) is 51.4. The minimum absolute atomic E-state index is 0.207. The molecule has 0 aliphatic carbocycles. The van der Waals surface area contributed by atoms with E-state index in [4.69, 9.17) is 28.4 Å². The van der Waals surface area contributed by atoms with Crippen LogP contribution in [0.25, 0.3) is 0 Å². The fourth-order valence-corrected chi connectivity index (χ4v) is 11.0. The molecule has 0 spiro atoms. The van der Waals surface area contributed by atoms with Crippen molar-refractivity contribution in [2.75, 3.05) is 26.4 Å². The standard InChI is InChI=1S/C65H117NO18/c1-3-5-7-9-11-13-15-17-18-19-20-21-22-23-24-25-26-27-28-29-31-32-34-36-38-40-42-49(70)48(66-53(71)43-41-39-37-35-33-30-16-14-12-10-8-6-4-2)47-79-63-59(77)56(74)61(51(45-68)81-63)84-65-60(78)57(75)62(52(46-69)82-65)83-64-58(76)55(73)54(72)50(44-67)80-64/h6,8,12,14,30,33,40,42,48-52,54-65,67-70,72-78H,3-5,7,9-11,13,15-29,31-32,34-39,41,43-47H2,1-2H3,(H,66,71)/b8-6-,14-12-,33-30-,42-40+. The van der Waals surface area contributed by atoms with E-state index in [1.165, 1.54) is 135 Å². The lowest BCUT2D eigenvalue weighted by Gasteiger charge is -2.48. The summed E-state index contributed by atoms with van der Waals surface area (Å²) in [6.07, 6.45) is 28.2. The van der Waals surface area contributed by atoms with E-state index in [0.29, 0.717) is 6.42 Å².